The van der Waals surface area contributed by atoms with Gasteiger partial charge in [-0.25, -0.2) is 0 Å². The second kappa shape index (κ2) is 17.1. The molecule has 22 nitrogen and oxygen atoms in total. The Hall–Kier alpha value is -3.24. The summed E-state index contributed by atoms with van der Waals surface area (Å²) in [5.41, 5.74) is 1.53. The van der Waals surface area contributed by atoms with Gasteiger partial charge in [-0.2, -0.15) is 0 Å². The van der Waals surface area contributed by atoms with Crippen molar-refractivity contribution in [2.24, 2.45) is 11.8 Å². The largest absolute Gasteiger partial charge is 0.458 e. The minimum absolute atomic E-state index is 0.0166. The number of fused-ring (bicyclic) bond motifs is 3. The highest BCUT2D eigenvalue weighted by atomic mass is 16.8. The van der Waals surface area contributed by atoms with Crippen LogP contribution in [0.2, 0.25) is 0 Å². The Labute approximate surface area is 340 Å². The van der Waals surface area contributed by atoms with Crippen molar-refractivity contribution in [1.29, 1.82) is 0 Å². The fraction of sp³-hybridized carbons (Fsp3) is 0.684. The molecule has 0 bridgehead atoms. The van der Waals surface area contributed by atoms with Gasteiger partial charge in [0, 0.05) is 11.8 Å². The van der Waals surface area contributed by atoms with Gasteiger partial charge in [-0.3, -0.25) is 0 Å². The summed E-state index contributed by atoms with van der Waals surface area (Å²) in [4.78, 5) is 0. The van der Waals surface area contributed by atoms with Crippen molar-refractivity contribution in [1.82, 2.24) is 0 Å². The Kier molecular flexibility index (Phi) is 12.0. The highest BCUT2D eigenvalue weighted by molar-refractivity contribution is 5.56. The monoisotopic (exact) mass is 856 g/mol. The first-order valence-electron chi connectivity index (χ1n) is 19.6. The zero-order valence-electron chi connectivity index (χ0n) is 31.7. The predicted octanol–water partition coefficient (Wildman–Crippen LogP) is -3.95. The molecule has 7 heterocycles. The van der Waals surface area contributed by atoms with Crippen molar-refractivity contribution in [2.75, 3.05) is 46.6 Å². The summed E-state index contributed by atoms with van der Waals surface area (Å²) >= 11 is 0. The summed E-state index contributed by atoms with van der Waals surface area (Å²) in [6, 6.07) is 9.04. The fourth-order valence-electron chi connectivity index (χ4n) is 8.71. The summed E-state index contributed by atoms with van der Waals surface area (Å²) in [7, 11) is 0. The van der Waals surface area contributed by atoms with Gasteiger partial charge in [0.25, 0.3) is 0 Å². The lowest BCUT2D eigenvalue weighted by atomic mass is 9.85. The molecule has 60 heavy (non-hydrogen) atoms. The lowest BCUT2D eigenvalue weighted by molar-refractivity contribution is -0.363. The number of hydrogen-bond acceptors (Lipinski definition) is 22. The Balaban J connectivity index is 0.979. The summed E-state index contributed by atoms with van der Waals surface area (Å²) in [6.45, 7) is -1.46. The predicted molar refractivity (Wildman–Crippen MR) is 189 cm³/mol. The number of aliphatic hydroxyl groups is 10. The minimum atomic E-state index is -1.92. The lowest BCUT2D eigenvalue weighted by Crippen LogP contribution is -2.65. The van der Waals surface area contributed by atoms with Crippen LogP contribution in [0.15, 0.2) is 30.3 Å². The van der Waals surface area contributed by atoms with E-state index in [2.05, 4.69) is 0 Å². The van der Waals surface area contributed by atoms with E-state index >= 15 is 0 Å². The van der Waals surface area contributed by atoms with Gasteiger partial charge in [-0.1, -0.05) is 6.07 Å². The smallest absolute Gasteiger partial charge is 0.231 e. The van der Waals surface area contributed by atoms with Crippen LogP contribution in [0.25, 0.3) is 0 Å². The van der Waals surface area contributed by atoms with Crippen LogP contribution in [-0.4, -0.2) is 190 Å². The molecule has 7 aliphatic heterocycles. The van der Waals surface area contributed by atoms with Gasteiger partial charge < -0.3 is 108 Å². The number of hydrogen-bond donors (Lipinski definition) is 10. The van der Waals surface area contributed by atoms with E-state index in [1.165, 1.54) is 0 Å². The number of aliphatic hydroxyl groups excluding tert-OH is 10. The normalized spacial score (nSPS) is 43.3. The average molecular weight is 857 g/mol. The molecule has 5 saturated heterocycles. The van der Waals surface area contributed by atoms with Crippen LogP contribution < -0.4 is 23.7 Å². The lowest BCUT2D eigenvalue weighted by Gasteiger charge is -2.46. The summed E-state index contributed by atoms with van der Waals surface area (Å²) in [5.74, 6) is 1.57. The van der Waals surface area contributed by atoms with Crippen LogP contribution in [0.3, 0.4) is 0 Å². The zero-order valence-corrected chi connectivity index (χ0v) is 31.7. The number of benzene rings is 2. The molecule has 0 unspecified atom stereocenters. The van der Waals surface area contributed by atoms with Crippen LogP contribution in [0.5, 0.6) is 28.7 Å². The second-order valence-corrected chi connectivity index (χ2v) is 15.7. The number of ether oxygens (including phenoxy) is 12. The molecule has 332 valence electrons. The number of rotatable bonds is 11. The SMILES string of the molecule is OC[C@H]1O[C@@H](OC[C@H]2O[C@@H](Oc3cc([C@H]4OC[C@H]5[C@@H]4CO[C@@H]5c4ccc5c(c4)OCO5)cc4c3OCO4)[C@H](O[C@@H]3O[C@H](CO)[C@@H](O)[C@H](O)[C@H]3O)[C@@H](O)[C@@H]2O)[C@H](O)[C@@H](O)[C@@H]1O. The van der Waals surface area contributed by atoms with Crippen LogP contribution in [0.1, 0.15) is 23.3 Å². The highest BCUT2D eigenvalue weighted by Crippen LogP contribution is 2.54. The van der Waals surface area contributed by atoms with E-state index in [1.807, 2.05) is 18.2 Å². The Bertz CT molecular complexity index is 1810. The maximum atomic E-state index is 11.6. The molecule has 2 aromatic rings. The second-order valence-electron chi connectivity index (χ2n) is 15.7. The molecule has 0 amide bonds. The van der Waals surface area contributed by atoms with Gasteiger partial charge in [0.2, 0.25) is 25.6 Å². The molecular formula is C38H48O22. The topological polar surface area (TPSA) is 313 Å². The summed E-state index contributed by atoms with van der Waals surface area (Å²) < 4.78 is 70.3. The molecule has 0 aliphatic carbocycles. The van der Waals surface area contributed by atoms with E-state index in [0.29, 0.717) is 30.3 Å². The van der Waals surface area contributed by atoms with Crippen LogP contribution in [-0.2, 0) is 33.2 Å². The van der Waals surface area contributed by atoms with Gasteiger partial charge in [-0.05, 0) is 35.4 Å². The van der Waals surface area contributed by atoms with Crippen molar-refractivity contribution >= 4 is 0 Å². The van der Waals surface area contributed by atoms with E-state index in [1.54, 1.807) is 12.1 Å². The van der Waals surface area contributed by atoms with Crippen molar-refractivity contribution in [3.63, 3.8) is 0 Å². The van der Waals surface area contributed by atoms with Crippen LogP contribution in [0.4, 0.5) is 0 Å². The van der Waals surface area contributed by atoms with E-state index in [9.17, 15) is 51.1 Å². The standard InChI is InChI=1S/C38H48O22/c39-6-21-24(41)27(44)30(47)36(57-21)51-10-23-26(43)29(46)35(60-37-31(48)28(45)25(42)22(7-40)58-37)38(59-23)56-20-5-14(4-19-34(20)55-12-54-19)33-16-9-49-32(15(16)8-50-33)13-1-2-17-18(3-13)53-11-52-17/h1-5,15-16,21-33,35-48H,6-12H2/t15-,16-,21+,22+,23+,24+,25+,26+,27-,28-,29-,30+,31+,32+,33+,35+,36+,37-,38+/m0/s1. The molecule has 9 rings (SSSR count). The van der Waals surface area contributed by atoms with Gasteiger partial charge in [0.05, 0.1) is 45.2 Å². The third kappa shape index (κ3) is 7.55. The molecule has 0 spiro atoms. The molecule has 5 fully saturated rings. The van der Waals surface area contributed by atoms with Crippen LogP contribution >= 0.6 is 0 Å². The molecular weight excluding hydrogens is 808 g/mol. The van der Waals surface area contributed by atoms with E-state index < -0.39 is 118 Å². The highest BCUT2D eigenvalue weighted by Gasteiger charge is 2.54. The van der Waals surface area contributed by atoms with Gasteiger partial charge in [0.1, 0.15) is 67.1 Å². The van der Waals surface area contributed by atoms with Crippen LogP contribution in [0, 0.1) is 11.8 Å². The zero-order chi connectivity index (χ0) is 42.0. The third-order valence-electron chi connectivity index (χ3n) is 12.1. The van der Waals surface area contributed by atoms with Crippen molar-refractivity contribution < 1.29 is 108 Å². The van der Waals surface area contributed by atoms with E-state index in [-0.39, 0.29) is 48.8 Å². The molecule has 7 aliphatic rings. The quantitative estimate of drug-likeness (QED) is 0.103. The third-order valence-corrected chi connectivity index (χ3v) is 12.1. The Morgan fingerprint density at radius 1 is 0.533 bits per heavy atom. The van der Waals surface area contributed by atoms with Crippen molar-refractivity contribution in [3.05, 3.63) is 41.5 Å². The maximum absolute atomic E-state index is 11.6. The molecule has 0 saturated carbocycles. The first-order chi connectivity index (χ1) is 28.9. The first-order valence-corrected chi connectivity index (χ1v) is 19.6. The Morgan fingerprint density at radius 3 is 1.80 bits per heavy atom. The molecule has 2 aromatic carbocycles. The van der Waals surface area contributed by atoms with Gasteiger partial charge in [-0.15, -0.1) is 0 Å². The van der Waals surface area contributed by atoms with Gasteiger partial charge in [0.15, 0.2) is 41.7 Å². The van der Waals surface area contributed by atoms with E-state index in [0.717, 1.165) is 5.56 Å². The summed E-state index contributed by atoms with van der Waals surface area (Å²) in [6.07, 6.45) is -26.3. The van der Waals surface area contributed by atoms with Crippen molar-refractivity contribution in [3.8, 4) is 28.7 Å². The molecule has 0 radical (unpaired) electrons. The Morgan fingerprint density at radius 2 is 1.10 bits per heavy atom. The first kappa shape index (κ1) is 42.1. The average Bonchev–Trinajstić information content (AvgIpc) is 4.08. The maximum Gasteiger partial charge on any atom is 0.231 e. The van der Waals surface area contributed by atoms with Crippen molar-refractivity contribution in [2.45, 2.75) is 104 Å². The van der Waals surface area contributed by atoms with Gasteiger partial charge >= 0.3 is 0 Å². The fourth-order valence-corrected chi connectivity index (χ4v) is 8.71. The molecule has 10 N–H and O–H groups in total. The van der Waals surface area contributed by atoms with E-state index in [4.69, 9.17) is 56.8 Å². The molecule has 0 aromatic heterocycles. The minimum Gasteiger partial charge on any atom is -0.458 e. The molecule has 19 atom stereocenters. The molecule has 22 heteroatoms. The summed E-state index contributed by atoms with van der Waals surface area (Å²) in [5, 5.41) is 105.